The smallest absolute Gasteiger partial charge is 0.296 e. The third-order valence-corrected chi connectivity index (χ3v) is 3.74. The zero-order chi connectivity index (χ0) is 17.5. The van der Waals surface area contributed by atoms with E-state index in [9.17, 15) is 4.79 Å². The fourth-order valence-corrected chi connectivity index (χ4v) is 2.32. The number of ether oxygens (including phenoxy) is 2. The lowest BCUT2D eigenvalue weighted by molar-refractivity contribution is 0.294. The number of hydrogen-bond donors (Lipinski definition) is 0. The third-order valence-electron chi connectivity index (χ3n) is 3.12. The molecular formula is C16H20N4O3S. The predicted molar refractivity (Wildman–Crippen MR) is 94.6 cm³/mol. The van der Waals surface area contributed by atoms with Crippen LogP contribution < -0.4 is 15.0 Å². The normalized spacial score (nSPS) is 11.0. The van der Waals surface area contributed by atoms with Crippen molar-refractivity contribution < 1.29 is 9.47 Å². The Bertz CT molecular complexity index is 789. The molecule has 1 heterocycles. The molecule has 8 heteroatoms. The van der Waals surface area contributed by atoms with Crippen LogP contribution in [0.3, 0.4) is 0 Å². The molecule has 1 aromatic heterocycles. The number of methoxy groups -OCH3 is 1. The van der Waals surface area contributed by atoms with Crippen molar-refractivity contribution in [3.8, 4) is 11.5 Å². The van der Waals surface area contributed by atoms with Crippen LogP contribution in [0.4, 0.5) is 0 Å². The summed E-state index contributed by atoms with van der Waals surface area (Å²) >= 11 is 1.30. The maximum absolute atomic E-state index is 12.2. The zero-order valence-electron chi connectivity index (χ0n) is 14.1. The molecule has 0 N–H and O–H groups in total. The molecule has 0 unspecified atom stereocenters. The molecule has 2 rings (SSSR count). The molecule has 7 nitrogen and oxygen atoms in total. The van der Waals surface area contributed by atoms with E-state index in [0.29, 0.717) is 29.0 Å². The number of thioether (sulfide) groups is 1. The highest BCUT2D eigenvalue weighted by atomic mass is 32.2. The standard InChI is InChI=1S/C16H20N4O3S/c1-5-8-23-14-9-12(6-7-13(14)22-3)10-17-20-15(21)11(2)18-19-16(20)24-4/h6-7,9-10H,5,8H2,1-4H3/b17-10-. The van der Waals surface area contributed by atoms with Crippen molar-refractivity contribution in [3.63, 3.8) is 0 Å². The fraction of sp³-hybridized carbons (Fsp3) is 0.375. The second-order valence-electron chi connectivity index (χ2n) is 4.89. The summed E-state index contributed by atoms with van der Waals surface area (Å²) in [6.45, 7) is 4.24. The van der Waals surface area contributed by atoms with Gasteiger partial charge in [-0.2, -0.15) is 9.78 Å². The van der Waals surface area contributed by atoms with Gasteiger partial charge in [-0.15, -0.1) is 10.2 Å². The zero-order valence-corrected chi connectivity index (χ0v) is 15.0. The number of benzene rings is 1. The first-order valence-electron chi connectivity index (χ1n) is 7.46. The molecule has 2 aromatic rings. The molecule has 0 fully saturated rings. The molecule has 0 amide bonds. The molecule has 24 heavy (non-hydrogen) atoms. The topological polar surface area (TPSA) is 78.6 Å². The van der Waals surface area contributed by atoms with Gasteiger partial charge in [0, 0.05) is 0 Å². The van der Waals surface area contributed by atoms with Crippen molar-refractivity contribution >= 4 is 18.0 Å². The molecule has 0 aliphatic heterocycles. The van der Waals surface area contributed by atoms with E-state index in [0.717, 1.165) is 12.0 Å². The van der Waals surface area contributed by atoms with Crippen LogP contribution in [0.5, 0.6) is 11.5 Å². The Hall–Kier alpha value is -2.35. The van der Waals surface area contributed by atoms with Gasteiger partial charge < -0.3 is 9.47 Å². The van der Waals surface area contributed by atoms with Gasteiger partial charge in [0.25, 0.3) is 5.56 Å². The van der Waals surface area contributed by atoms with Gasteiger partial charge in [-0.05, 0) is 43.4 Å². The van der Waals surface area contributed by atoms with E-state index in [1.165, 1.54) is 16.4 Å². The van der Waals surface area contributed by atoms with Gasteiger partial charge in [-0.3, -0.25) is 4.79 Å². The summed E-state index contributed by atoms with van der Waals surface area (Å²) < 4.78 is 12.2. The van der Waals surface area contributed by atoms with E-state index < -0.39 is 0 Å². The second kappa shape index (κ2) is 8.49. The van der Waals surface area contributed by atoms with Crippen LogP contribution in [0, 0.1) is 6.92 Å². The van der Waals surface area contributed by atoms with Crippen molar-refractivity contribution in [2.24, 2.45) is 5.10 Å². The summed E-state index contributed by atoms with van der Waals surface area (Å²) in [6, 6.07) is 5.47. The van der Waals surface area contributed by atoms with Crippen LogP contribution in [-0.4, -0.2) is 41.1 Å². The van der Waals surface area contributed by atoms with Crippen molar-refractivity contribution in [2.45, 2.75) is 25.4 Å². The Morgan fingerprint density at radius 2 is 2.12 bits per heavy atom. The van der Waals surface area contributed by atoms with Crippen molar-refractivity contribution in [1.82, 2.24) is 14.9 Å². The van der Waals surface area contributed by atoms with Gasteiger partial charge in [0.15, 0.2) is 11.5 Å². The molecule has 0 saturated carbocycles. The molecule has 0 bridgehead atoms. The monoisotopic (exact) mass is 348 g/mol. The lowest BCUT2D eigenvalue weighted by Gasteiger charge is -2.10. The number of rotatable bonds is 7. The number of aromatic nitrogens is 3. The molecule has 0 spiro atoms. The first kappa shape index (κ1) is 18.0. The van der Waals surface area contributed by atoms with E-state index in [2.05, 4.69) is 15.3 Å². The largest absolute Gasteiger partial charge is 0.493 e. The number of nitrogens with zero attached hydrogens (tertiary/aromatic N) is 4. The van der Waals surface area contributed by atoms with E-state index in [-0.39, 0.29) is 5.56 Å². The van der Waals surface area contributed by atoms with Crippen LogP contribution in [0.15, 0.2) is 33.3 Å². The minimum Gasteiger partial charge on any atom is -0.493 e. The van der Waals surface area contributed by atoms with Gasteiger partial charge in [0.1, 0.15) is 5.69 Å². The highest BCUT2D eigenvalue weighted by Gasteiger charge is 2.08. The van der Waals surface area contributed by atoms with Crippen molar-refractivity contribution in [2.75, 3.05) is 20.0 Å². The van der Waals surface area contributed by atoms with Crippen LogP contribution in [0.2, 0.25) is 0 Å². The molecule has 128 valence electrons. The number of hydrogen-bond acceptors (Lipinski definition) is 7. The second-order valence-corrected chi connectivity index (χ2v) is 5.67. The van der Waals surface area contributed by atoms with E-state index in [1.807, 2.05) is 25.3 Å². The summed E-state index contributed by atoms with van der Waals surface area (Å²) in [5.74, 6) is 1.30. The Morgan fingerprint density at radius 3 is 2.79 bits per heavy atom. The van der Waals surface area contributed by atoms with Crippen LogP contribution in [-0.2, 0) is 0 Å². The third kappa shape index (κ3) is 4.14. The highest BCUT2D eigenvalue weighted by Crippen LogP contribution is 2.27. The molecular weight excluding hydrogens is 328 g/mol. The van der Waals surface area contributed by atoms with E-state index in [1.54, 1.807) is 26.3 Å². The highest BCUT2D eigenvalue weighted by molar-refractivity contribution is 7.98. The van der Waals surface area contributed by atoms with Crippen LogP contribution >= 0.6 is 11.8 Å². The lowest BCUT2D eigenvalue weighted by Crippen LogP contribution is -2.23. The fourth-order valence-electron chi connectivity index (χ4n) is 1.89. The molecule has 0 atom stereocenters. The molecule has 0 saturated heterocycles. The Balaban J connectivity index is 2.36. The first-order chi connectivity index (χ1) is 11.6. The Kier molecular flexibility index (Phi) is 6.36. The molecule has 0 aliphatic rings. The summed E-state index contributed by atoms with van der Waals surface area (Å²) in [4.78, 5) is 12.2. The maximum atomic E-state index is 12.2. The Morgan fingerprint density at radius 1 is 1.33 bits per heavy atom. The summed E-state index contributed by atoms with van der Waals surface area (Å²) in [6.07, 6.45) is 4.30. The van der Waals surface area contributed by atoms with Gasteiger partial charge in [0.05, 0.1) is 19.9 Å². The van der Waals surface area contributed by atoms with Gasteiger partial charge in [-0.1, -0.05) is 18.7 Å². The van der Waals surface area contributed by atoms with Crippen LogP contribution in [0.25, 0.3) is 0 Å². The van der Waals surface area contributed by atoms with E-state index >= 15 is 0 Å². The predicted octanol–water partition coefficient (Wildman–Crippen LogP) is 2.35. The minimum absolute atomic E-state index is 0.290. The van der Waals surface area contributed by atoms with Gasteiger partial charge in [-0.25, -0.2) is 0 Å². The van der Waals surface area contributed by atoms with Gasteiger partial charge in [0.2, 0.25) is 5.16 Å². The Labute approximate surface area is 144 Å². The average Bonchev–Trinajstić information content (AvgIpc) is 2.61. The summed E-state index contributed by atoms with van der Waals surface area (Å²) in [5, 5.41) is 12.5. The van der Waals surface area contributed by atoms with Gasteiger partial charge >= 0.3 is 0 Å². The quantitative estimate of drug-likeness (QED) is 0.564. The van der Waals surface area contributed by atoms with Crippen molar-refractivity contribution in [3.05, 3.63) is 39.8 Å². The lowest BCUT2D eigenvalue weighted by atomic mass is 10.2. The molecule has 0 radical (unpaired) electrons. The first-order valence-corrected chi connectivity index (χ1v) is 8.68. The van der Waals surface area contributed by atoms with Crippen LogP contribution in [0.1, 0.15) is 24.6 Å². The maximum Gasteiger partial charge on any atom is 0.296 e. The minimum atomic E-state index is -0.290. The SMILES string of the molecule is CCCOc1cc(/C=N\n2c(SC)nnc(C)c2=O)ccc1OC. The number of aryl methyl sites for hydroxylation is 1. The average molecular weight is 348 g/mol. The molecule has 0 aliphatic carbocycles. The summed E-state index contributed by atoms with van der Waals surface area (Å²) in [5.41, 5.74) is 0.795. The van der Waals surface area contributed by atoms with Crippen molar-refractivity contribution in [1.29, 1.82) is 0 Å². The summed E-state index contributed by atoms with van der Waals surface area (Å²) in [7, 11) is 1.59. The molecule has 1 aromatic carbocycles. The van der Waals surface area contributed by atoms with E-state index in [4.69, 9.17) is 9.47 Å².